The minimum Gasteiger partial charge on any atom is -0.497 e. The van der Waals surface area contributed by atoms with Gasteiger partial charge in [0.25, 0.3) is 0 Å². The Morgan fingerprint density at radius 1 is 1.28 bits per heavy atom. The highest BCUT2D eigenvalue weighted by molar-refractivity contribution is 9.10. The summed E-state index contributed by atoms with van der Waals surface area (Å²) in [6.45, 7) is 0.444. The average molecular weight is 309 g/mol. The number of nitrogens with zero attached hydrogens (tertiary/aromatic N) is 1. The van der Waals surface area contributed by atoms with Gasteiger partial charge in [-0.3, -0.25) is 0 Å². The Balaban J connectivity index is 2.02. The first kappa shape index (κ1) is 12.7. The molecule has 0 aliphatic heterocycles. The van der Waals surface area contributed by atoms with E-state index in [1.807, 2.05) is 24.3 Å². The SMILES string of the molecule is COc1ccc(COc2ncc(N)cc2Br)cc1. The Kier molecular flexibility index (Phi) is 4.04. The van der Waals surface area contributed by atoms with E-state index >= 15 is 0 Å². The number of halogens is 1. The smallest absolute Gasteiger partial charge is 0.228 e. The van der Waals surface area contributed by atoms with Gasteiger partial charge in [0.15, 0.2) is 0 Å². The summed E-state index contributed by atoms with van der Waals surface area (Å²) in [5.41, 5.74) is 7.24. The van der Waals surface area contributed by atoms with Gasteiger partial charge in [0.1, 0.15) is 12.4 Å². The van der Waals surface area contributed by atoms with Crippen molar-refractivity contribution in [2.75, 3.05) is 12.8 Å². The maximum absolute atomic E-state index is 5.60. The van der Waals surface area contributed by atoms with E-state index in [9.17, 15) is 0 Å². The Morgan fingerprint density at radius 3 is 2.61 bits per heavy atom. The van der Waals surface area contributed by atoms with Crippen LogP contribution in [0.4, 0.5) is 5.69 Å². The summed E-state index contributed by atoms with van der Waals surface area (Å²) in [4.78, 5) is 4.11. The van der Waals surface area contributed by atoms with Gasteiger partial charge in [-0.25, -0.2) is 4.98 Å². The van der Waals surface area contributed by atoms with Crippen LogP contribution in [-0.2, 0) is 6.61 Å². The third-order valence-corrected chi connectivity index (χ3v) is 2.93. The minimum atomic E-state index is 0.444. The third-order valence-electron chi connectivity index (χ3n) is 2.36. The molecular weight excluding hydrogens is 296 g/mol. The van der Waals surface area contributed by atoms with Crippen LogP contribution in [-0.4, -0.2) is 12.1 Å². The van der Waals surface area contributed by atoms with Gasteiger partial charge in [-0.15, -0.1) is 0 Å². The second-order valence-electron chi connectivity index (χ2n) is 3.69. The highest BCUT2D eigenvalue weighted by Crippen LogP contribution is 2.24. The van der Waals surface area contributed by atoms with Crippen molar-refractivity contribution in [1.29, 1.82) is 0 Å². The van der Waals surface area contributed by atoms with Crippen LogP contribution in [0.15, 0.2) is 41.0 Å². The molecule has 0 spiro atoms. The number of ether oxygens (including phenoxy) is 2. The van der Waals surface area contributed by atoms with Crippen molar-refractivity contribution >= 4 is 21.6 Å². The van der Waals surface area contributed by atoms with Gasteiger partial charge in [0, 0.05) is 0 Å². The standard InChI is InChI=1S/C13H13BrN2O2/c1-17-11-4-2-9(3-5-11)8-18-13-12(14)6-10(15)7-16-13/h2-7H,8,15H2,1H3. The van der Waals surface area contributed by atoms with Crippen LogP contribution < -0.4 is 15.2 Å². The summed E-state index contributed by atoms with van der Waals surface area (Å²) in [6, 6.07) is 9.44. The number of benzene rings is 1. The summed E-state index contributed by atoms with van der Waals surface area (Å²) >= 11 is 3.36. The Bertz CT molecular complexity index is 529. The number of nitrogens with two attached hydrogens (primary N) is 1. The van der Waals surface area contributed by atoms with Gasteiger partial charge in [-0.2, -0.15) is 0 Å². The topological polar surface area (TPSA) is 57.4 Å². The number of anilines is 1. The van der Waals surface area contributed by atoms with E-state index in [-0.39, 0.29) is 0 Å². The lowest BCUT2D eigenvalue weighted by Gasteiger charge is -2.08. The molecule has 0 radical (unpaired) electrons. The van der Waals surface area contributed by atoms with E-state index in [1.54, 1.807) is 19.4 Å². The molecule has 2 aromatic rings. The van der Waals surface area contributed by atoms with Crippen LogP contribution in [0, 0.1) is 0 Å². The minimum absolute atomic E-state index is 0.444. The predicted octanol–water partition coefficient (Wildman–Crippen LogP) is 3.01. The van der Waals surface area contributed by atoms with Gasteiger partial charge in [-0.1, -0.05) is 12.1 Å². The van der Waals surface area contributed by atoms with Crippen LogP contribution in [0.25, 0.3) is 0 Å². The fourth-order valence-electron chi connectivity index (χ4n) is 1.42. The molecule has 4 nitrogen and oxygen atoms in total. The third kappa shape index (κ3) is 3.13. The second kappa shape index (κ2) is 5.73. The summed E-state index contributed by atoms with van der Waals surface area (Å²) in [7, 11) is 1.64. The summed E-state index contributed by atoms with van der Waals surface area (Å²) in [6.07, 6.45) is 1.56. The Morgan fingerprint density at radius 2 is 2.00 bits per heavy atom. The van der Waals surface area contributed by atoms with Crippen molar-refractivity contribution in [3.63, 3.8) is 0 Å². The van der Waals surface area contributed by atoms with E-state index < -0.39 is 0 Å². The molecular formula is C13H13BrN2O2. The number of nitrogen functional groups attached to an aromatic ring is 1. The molecule has 18 heavy (non-hydrogen) atoms. The van der Waals surface area contributed by atoms with Gasteiger partial charge in [0.2, 0.25) is 5.88 Å². The molecule has 0 aliphatic rings. The number of hydrogen-bond donors (Lipinski definition) is 1. The number of aromatic nitrogens is 1. The Hall–Kier alpha value is -1.75. The van der Waals surface area contributed by atoms with Crippen LogP contribution in [0.3, 0.4) is 0 Å². The first-order valence-electron chi connectivity index (χ1n) is 5.36. The average Bonchev–Trinajstić information content (AvgIpc) is 2.38. The molecule has 0 unspecified atom stereocenters. The normalized spacial score (nSPS) is 10.1. The molecule has 0 fully saturated rings. The highest BCUT2D eigenvalue weighted by Gasteiger charge is 2.03. The monoisotopic (exact) mass is 308 g/mol. The number of rotatable bonds is 4. The van der Waals surface area contributed by atoms with E-state index in [0.29, 0.717) is 18.2 Å². The lowest BCUT2D eigenvalue weighted by atomic mass is 10.2. The summed E-state index contributed by atoms with van der Waals surface area (Å²) in [5, 5.41) is 0. The van der Waals surface area contributed by atoms with Crippen molar-refractivity contribution in [2.24, 2.45) is 0 Å². The lowest BCUT2D eigenvalue weighted by Crippen LogP contribution is -1.99. The van der Waals surface area contributed by atoms with Crippen LogP contribution >= 0.6 is 15.9 Å². The quantitative estimate of drug-likeness (QED) is 0.943. The van der Waals surface area contributed by atoms with Crippen molar-refractivity contribution in [3.05, 3.63) is 46.6 Å². The molecule has 1 heterocycles. The number of pyridine rings is 1. The molecule has 0 aliphatic carbocycles. The Labute approximate surface area is 114 Å². The van der Waals surface area contributed by atoms with Crippen LogP contribution in [0.1, 0.15) is 5.56 Å². The molecule has 2 rings (SSSR count). The molecule has 0 amide bonds. The van der Waals surface area contributed by atoms with E-state index in [0.717, 1.165) is 15.8 Å². The molecule has 0 atom stereocenters. The molecule has 0 saturated heterocycles. The maximum Gasteiger partial charge on any atom is 0.228 e. The van der Waals surface area contributed by atoms with Crippen molar-refractivity contribution < 1.29 is 9.47 Å². The van der Waals surface area contributed by atoms with Gasteiger partial charge < -0.3 is 15.2 Å². The molecule has 5 heteroatoms. The molecule has 94 valence electrons. The van der Waals surface area contributed by atoms with E-state index in [1.165, 1.54) is 0 Å². The molecule has 0 saturated carbocycles. The molecule has 2 N–H and O–H groups in total. The number of methoxy groups -OCH3 is 1. The van der Waals surface area contributed by atoms with Gasteiger partial charge >= 0.3 is 0 Å². The van der Waals surface area contributed by atoms with Crippen LogP contribution in [0.5, 0.6) is 11.6 Å². The highest BCUT2D eigenvalue weighted by atomic mass is 79.9. The molecule has 1 aromatic heterocycles. The molecule has 0 bridgehead atoms. The van der Waals surface area contributed by atoms with Gasteiger partial charge in [-0.05, 0) is 39.7 Å². The molecule has 1 aromatic carbocycles. The maximum atomic E-state index is 5.60. The zero-order valence-electron chi connectivity index (χ0n) is 9.89. The van der Waals surface area contributed by atoms with Crippen molar-refractivity contribution in [2.45, 2.75) is 6.61 Å². The first-order valence-corrected chi connectivity index (χ1v) is 6.15. The fraction of sp³-hybridized carbons (Fsp3) is 0.154. The van der Waals surface area contributed by atoms with E-state index in [2.05, 4.69) is 20.9 Å². The first-order chi connectivity index (χ1) is 8.69. The van der Waals surface area contributed by atoms with E-state index in [4.69, 9.17) is 15.2 Å². The fourth-order valence-corrected chi connectivity index (χ4v) is 1.90. The zero-order chi connectivity index (χ0) is 13.0. The summed E-state index contributed by atoms with van der Waals surface area (Å²) in [5.74, 6) is 1.35. The zero-order valence-corrected chi connectivity index (χ0v) is 11.5. The van der Waals surface area contributed by atoms with Crippen LogP contribution in [0.2, 0.25) is 0 Å². The predicted molar refractivity (Wildman–Crippen MR) is 73.7 cm³/mol. The largest absolute Gasteiger partial charge is 0.497 e. The van der Waals surface area contributed by atoms with Gasteiger partial charge in [0.05, 0.1) is 23.5 Å². The number of hydrogen-bond acceptors (Lipinski definition) is 4. The lowest BCUT2D eigenvalue weighted by molar-refractivity contribution is 0.291. The van der Waals surface area contributed by atoms with Crippen molar-refractivity contribution in [1.82, 2.24) is 4.98 Å². The second-order valence-corrected chi connectivity index (χ2v) is 4.55. The van der Waals surface area contributed by atoms with Crippen molar-refractivity contribution in [3.8, 4) is 11.6 Å². The summed E-state index contributed by atoms with van der Waals surface area (Å²) < 4.78 is 11.4.